The van der Waals surface area contributed by atoms with Crippen molar-refractivity contribution >= 4 is 51.2 Å². The van der Waals surface area contributed by atoms with Gasteiger partial charge in [-0.1, -0.05) is 23.2 Å². The van der Waals surface area contributed by atoms with Gasteiger partial charge in [-0.25, -0.2) is 4.85 Å². The number of halogens is 2. The number of aromatic nitrogens is 1. The Bertz CT molecular complexity index is 1270. The number of likely N-dealkylation sites (N-methyl/N-ethyl adjacent to an activating group) is 1. The van der Waals surface area contributed by atoms with Crippen LogP contribution in [0.4, 0.5) is 17.1 Å². The molecule has 2 heterocycles. The lowest BCUT2D eigenvalue weighted by molar-refractivity contribution is 0.145. The van der Waals surface area contributed by atoms with Gasteiger partial charge in [0.2, 0.25) is 5.69 Å². The van der Waals surface area contributed by atoms with Crippen LogP contribution in [0.2, 0.25) is 10.0 Å². The van der Waals surface area contributed by atoms with Gasteiger partial charge in [0, 0.05) is 56.4 Å². The molecule has 0 saturated carbocycles. The predicted octanol–water partition coefficient (Wildman–Crippen LogP) is 5.87. The van der Waals surface area contributed by atoms with E-state index in [1.54, 1.807) is 19.2 Å². The Morgan fingerprint density at radius 1 is 1.00 bits per heavy atom. The highest BCUT2D eigenvalue weighted by atomic mass is 35.5. The van der Waals surface area contributed by atoms with Crippen LogP contribution < -0.4 is 19.5 Å². The van der Waals surface area contributed by atoms with E-state index in [0.717, 1.165) is 39.1 Å². The average Bonchev–Trinajstić information content (AvgIpc) is 2.88. The molecular weight excluding hydrogens is 501 g/mol. The molecule has 0 aliphatic carbocycles. The van der Waals surface area contributed by atoms with Gasteiger partial charge in [-0.05, 0) is 25.6 Å². The lowest BCUT2D eigenvalue weighted by Crippen LogP contribution is -2.44. The fourth-order valence-electron chi connectivity index (χ4n) is 4.14. The molecule has 1 fully saturated rings. The Kier molecular flexibility index (Phi) is 8.60. The molecule has 0 radical (unpaired) electrons. The van der Waals surface area contributed by atoms with E-state index in [0.29, 0.717) is 61.9 Å². The zero-order chi connectivity index (χ0) is 25.7. The Morgan fingerprint density at radius 3 is 2.44 bits per heavy atom. The van der Waals surface area contributed by atoms with Crippen LogP contribution in [0, 0.1) is 6.57 Å². The number of nitrogens with zero attached hydrogens (tertiary/aromatic N) is 4. The van der Waals surface area contributed by atoms with E-state index in [2.05, 4.69) is 32.0 Å². The van der Waals surface area contributed by atoms with Gasteiger partial charge in [-0.15, -0.1) is 0 Å². The van der Waals surface area contributed by atoms with Crippen molar-refractivity contribution in [2.75, 3.05) is 65.9 Å². The van der Waals surface area contributed by atoms with Gasteiger partial charge in [-0.2, -0.15) is 0 Å². The van der Waals surface area contributed by atoms with Gasteiger partial charge in [0.1, 0.15) is 5.75 Å². The first-order chi connectivity index (χ1) is 17.4. The molecule has 0 amide bonds. The molecule has 0 spiro atoms. The minimum Gasteiger partial charge on any atom is -0.495 e. The van der Waals surface area contributed by atoms with Gasteiger partial charge >= 0.3 is 0 Å². The number of hydrogen-bond donors (Lipinski definition) is 1. The van der Waals surface area contributed by atoms with Crippen LogP contribution in [0.15, 0.2) is 30.5 Å². The smallest absolute Gasteiger partial charge is 0.228 e. The summed E-state index contributed by atoms with van der Waals surface area (Å²) in [4.78, 5) is 12.9. The number of pyridine rings is 1. The van der Waals surface area contributed by atoms with E-state index in [4.69, 9.17) is 44.0 Å². The third-order valence-corrected chi connectivity index (χ3v) is 6.84. The minimum atomic E-state index is 0.343. The number of fused-ring (bicyclic) bond motifs is 1. The zero-order valence-corrected chi connectivity index (χ0v) is 22.1. The van der Waals surface area contributed by atoms with E-state index in [9.17, 15) is 0 Å². The first kappa shape index (κ1) is 26.1. The molecule has 0 bridgehead atoms. The summed E-state index contributed by atoms with van der Waals surface area (Å²) in [5.41, 5.74) is 2.12. The minimum absolute atomic E-state index is 0.343. The molecule has 3 aromatic rings. The maximum absolute atomic E-state index is 7.64. The first-order valence-electron chi connectivity index (χ1n) is 11.7. The van der Waals surface area contributed by atoms with Crippen LogP contribution in [0.3, 0.4) is 0 Å². The summed E-state index contributed by atoms with van der Waals surface area (Å²) < 4.78 is 17.0. The molecule has 36 heavy (non-hydrogen) atoms. The number of piperazine rings is 1. The van der Waals surface area contributed by atoms with E-state index < -0.39 is 0 Å². The van der Waals surface area contributed by atoms with Gasteiger partial charge in [0.25, 0.3) is 0 Å². The topological polar surface area (TPSA) is 63.5 Å². The summed E-state index contributed by atoms with van der Waals surface area (Å²) in [6.07, 6.45) is 2.45. The van der Waals surface area contributed by atoms with Gasteiger partial charge in [-0.3, -0.25) is 4.98 Å². The molecular formula is C26H29Cl2N5O3. The monoisotopic (exact) mass is 529 g/mol. The summed E-state index contributed by atoms with van der Waals surface area (Å²) in [5, 5.41) is 4.77. The fraction of sp³-hybridized carbons (Fsp3) is 0.385. The molecule has 1 saturated heterocycles. The number of methoxy groups -OCH3 is 2. The van der Waals surface area contributed by atoms with Gasteiger partial charge < -0.3 is 29.3 Å². The highest BCUT2D eigenvalue weighted by molar-refractivity contribution is 6.37. The van der Waals surface area contributed by atoms with Crippen molar-refractivity contribution in [1.82, 2.24) is 14.8 Å². The predicted molar refractivity (Wildman–Crippen MR) is 145 cm³/mol. The van der Waals surface area contributed by atoms with Crippen LogP contribution in [-0.2, 0) is 0 Å². The van der Waals surface area contributed by atoms with Crippen molar-refractivity contribution in [3.05, 3.63) is 51.9 Å². The van der Waals surface area contributed by atoms with Crippen molar-refractivity contribution in [3.63, 3.8) is 0 Å². The van der Waals surface area contributed by atoms with Crippen LogP contribution >= 0.6 is 23.2 Å². The van der Waals surface area contributed by atoms with Crippen molar-refractivity contribution in [2.45, 2.75) is 6.42 Å². The van der Waals surface area contributed by atoms with E-state index in [1.807, 2.05) is 12.1 Å². The van der Waals surface area contributed by atoms with Crippen molar-refractivity contribution in [1.29, 1.82) is 0 Å². The first-order valence-corrected chi connectivity index (χ1v) is 12.4. The quantitative estimate of drug-likeness (QED) is 0.274. The molecule has 2 aromatic carbocycles. The lowest BCUT2D eigenvalue weighted by atomic mass is 10.1. The van der Waals surface area contributed by atoms with E-state index in [-0.39, 0.29) is 0 Å². The Morgan fingerprint density at radius 2 is 1.75 bits per heavy atom. The molecule has 1 aromatic heterocycles. The molecule has 190 valence electrons. The van der Waals surface area contributed by atoms with Crippen LogP contribution in [-0.4, -0.2) is 75.4 Å². The van der Waals surface area contributed by atoms with Crippen molar-refractivity contribution in [2.24, 2.45) is 0 Å². The number of benzene rings is 2. The molecule has 1 aliphatic rings. The second kappa shape index (κ2) is 11.8. The third-order valence-electron chi connectivity index (χ3n) is 6.23. The highest BCUT2D eigenvalue weighted by Gasteiger charge is 2.17. The Labute approximate surface area is 221 Å². The van der Waals surface area contributed by atoms with Crippen LogP contribution in [0.5, 0.6) is 17.2 Å². The second-order valence-corrected chi connectivity index (χ2v) is 9.40. The standard InChI is InChI=1S/C26H29Cl2N5O3/c1-29-22-16-30-20-14-25(36-11-5-6-33-9-7-32(2)8-10-33)24(35-4)12-17(20)26(22)31-21-15-23(34-3)19(28)13-18(21)27/h12-16H,5-11H2,2-4H3,(H,30,31). The molecule has 0 atom stereocenters. The maximum Gasteiger partial charge on any atom is 0.228 e. The normalized spacial score (nSPS) is 14.4. The number of ether oxygens (including phenoxy) is 3. The Hall–Kier alpha value is -2.96. The third kappa shape index (κ3) is 5.88. The summed E-state index contributed by atoms with van der Waals surface area (Å²) in [6.45, 7) is 13.6. The molecule has 1 N–H and O–H groups in total. The summed E-state index contributed by atoms with van der Waals surface area (Å²) in [6, 6.07) is 6.96. The molecule has 1 aliphatic heterocycles. The van der Waals surface area contributed by atoms with Crippen LogP contribution in [0.25, 0.3) is 15.7 Å². The molecule has 10 heteroatoms. The molecule has 0 unspecified atom stereocenters. The van der Waals surface area contributed by atoms with Gasteiger partial charge in [0.05, 0.1) is 54.3 Å². The highest BCUT2D eigenvalue weighted by Crippen LogP contribution is 2.42. The molecule has 8 nitrogen and oxygen atoms in total. The zero-order valence-electron chi connectivity index (χ0n) is 20.6. The summed E-state index contributed by atoms with van der Waals surface area (Å²) >= 11 is 12.6. The largest absolute Gasteiger partial charge is 0.495 e. The number of anilines is 2. The van der Waals surface area contributed by atoms with Crippen LogP contribution in [0.1, 0.15) is 6.42 Å². The van der Waals surface area contributed by atoms with E-state index >= 15 is 0 Å². The summed E-state index contributed by atoms with van der Waals surface area (Å²) in [7, 11) is 5.28. The fourth-order valence-corrected chi connectivity index (χ4v) is 4.64. The van der Waals surface area contributed by atoms with E-state index in [1.165, 1.54) is 13.3 Å². The van der Waals surface area contributed by atoms with Crippen molar-refractivity contribution in [3.8, 4) is 17.2 Å². The van der Waals surface area contributed by atoms with Gasteiger partial charge in [0.15, 0.2) is 11.5 Å². The maximum atomic E-state index is 7.64. The lowest BCUT2D eigenvalue weighted by Gasteiger charge is -2.32. The summed E-state index contributed by atoms with van der Waals surface area (Å²) in [5.74, 6) is 1.65. The molecule has 4 rings (SSSR count). The Balaban J connectivity index is 1.57. The second-order valence-electron chi connectivity index (χ2n) is 8.59. The SMILES string of the molecule is [C-]#[N+]c1cnc2cc(OCCCN3CCN(C)CC3)c(OC)cc2c1Nc1cc(OC)c(Cl)cc1Cl. The van der Waals surface area contributed by atoms with Crippen molar-refractivity contribution < 1.29 is 14.2 Å². The number of hydrogen-bond acceptors (Lipinski definition) is 7. The number of nitrogens with one attached hydrogen (secondary N) is 1. The number of rotatable bonds is 9. The average molecular weight is 530 g/mol.